The highest BCUT2D eigenvalue weighted by atomic mass is 35.5. The first-order valence-electron chi connectivity index (χ1n) is 7.19. The second-order valence-electron chi connectivity index (χ2n) is 4.91. The molecule has 0 aliphatic rings. The average Bonchev–Trinajstić information content (AvgIpc) is 2.96. The Kier molecular flexibility index (Phi) is 5.95. The molecule has 0 saturated carbocycles. The molecule has 0 amide bonds. The molecule has 1 aromatic carbocycles. The van der Waals surface area contributed by atoms with Gasteiger partial charge in [0.2, 0.25) is 0 Å². The number of alkyl halides is 1. The van der Waals surface area contributed by atoms with Crippen LogP contribution >= 0.6 is 23.2 Å². The van der Waals surface area contributed by atoms with Crippen LogP contribution in [-0.2, 0) is 12.5 Å². The number of ether oxygens (including phenoxy) is 1. The van der Waals surface area contributed by atoms with E-state index in [1.807, 2.05) is 29.1 Å². The highest BCUT2D eigenvalue weighted by molar-refractivity contribution is 6.32. The summed E-state index contributed by atoms with van der Waals surface area (Å²) >= 11 is 12.1. The summed E-state index contributed by atoms with van der Waals surface area (Å²) < 4.78 is 7.82. The second kappa shape index (κ2) is 7.71. The first kappa shape index (κ1) is 16.2. The Hall–Kier alpha value is -1.19. The molecule has 114 valence electrons. The monoisotopic (exact) mass is 326 g/mol. The van der Waals surface area contributed by atoms with Crippen molar-refractivity contribution >= 4 is 23.2 Å². The molecule has 3 nitrogen and oxygen atoms in total. The van der Waals surface area contributed by atoms with Gasteiger partial charge in [0.15, 0.2) is 0 Å². The topological polar surface area (TPSA) is 27.1 Å². The number of nitrogens with zero attached hydrogens (tertiary/aromatic N) is 2. The van der Waals surface area contributed by atoms with Crippen molar-refractivity contribution in [3.63, 3.8) is 0 Å². The third-order valence-corrected chi connectivity index (χ3v) is 4.12. The lowest BCUT2D eigenvalue weighted by molar-refractivity contribution is 0.295. The van der Waals surface area contributed by atoms with E-state index in [1.54, 1.807) is 6.07 Å². The van der Waals surface area contributed by atoms with Gasteiger partial charge in [-0.3, -0.25) is 4.68 Å². The summed E-state index contributed by atoms with van der Waals surface area (Å²) in [5.41, 5.74) is 1.78. The highest BCUT2D eigenvalue weighted by Crippen LogP contribution is 2.30. The van der Waals surface area contributed by atoms with E-state index in [9.17, 15) is 0 Å². The number of benzene rings is 1. The van der Waals surface area contributed by atoms with Gasteiger partial charge in [0.1, 0.15) is 12.4 Å². The normalized spacial score (nSPS) is 11.1. The number of hydrogen-bond acceptors (Lipinski definition) is 2. The number of para-hydroxylation sites is 1. The minimum absolute atomic E-state index is 0.373. The van der Waals surface area contributed by atoms with E-state index in [0.29, 0.717) is 29.3 Å². The van der Waals surface area contributed by atoms with Crippen LogP contribution < -0.4 is 4.74 Å². The minimum Gasteiger partial charge on any atom is -0.485 e. The second-order valence-corrected chi connectivity index (χ2v) is 5.58. The largest absolute Gasteiger partial charge is 0.485 e. The van der Waals surface area contributed by atoms with Gasteiger partial charge in [0.05, 0.1) is 22.6 Å². The molecule has 1 heterocycles. The molecule has 2 rings (SSSR count). The predicted octanol–water partition coefficient (Wildman–Crippen LogP) is 5.22. The summed E-state index contributed by atoms with van der Waals surface area (Å²) in [6, 6.07) is 8.01. The van der Waals surface area contributed by atoms with Crippen molar-refractivity contribution in [1.82, 2.24) is 9.78 Å². The fraction of sp³-hybridized carbons (Fsp3) is 0.438. The smallest absolute Gasteiger partial charge is 0.142 e. The van der Waals surface area contributed by atoms with Crippen LogP contribution in [0.5, 0.6) is 5.75 Å². The van der Waals surface area contributed by atoms with Crippen molar-refractivity contribution in [3.05, 3.63) is 46.7 Å². The molecule has 2 aromatic rings. The van der Waals surface area contributed by atoms with E-state index in [2.05, 4.69) is 18.9 Å². The van der Waals surface area contributed by atoms with Crippen molar-refractivity contribution in [3.8, 4) is 5.75 Å². The third kappa shape index (κ3) is 3.92. The minimum atomic E-state index is 0.373. The van der Waals surface area contributed by atoms with E-state index in [4.69, 9.17) is 27.9 Å². The summed E-state index contributed by atoms with van der Waals surface area (Å²) in [6.45, 7) is 4.73. The molecular weight excluding hydrogens is 307 g/mol. The Labute approximate surface area is 135 Å². The maximum absolute atomic E-state index is 6.17. The van der Waals surface area contributed by atoms with Crippen LogP contribution in [0.2, 0.25) is 5.02 Å². The van der Waals surface area contributed by atoms with E-state index in [-0.39, 0.29) is 0 Å². The highest BCUT2D eigenvalue weighted by Gasteiger charge is 2.11. The summed E-state index contributed by atoms with van der Waals surface area (Å²) in [6.07, 6.45) is 4.14. The Morgan fingerprint density at radius 2 is 2.00 bits per heavy atom. The molecule has 0 saturated heterocycles. The van der Waals surface area contributed by atoms with Crippen LogP contribution in [0.3, 0.4) is 0 Å². The van der Waals surface area contributed by atoms with Crippen LogP contribution in [0.1, 0.15) is 44.0 Å². The number of halogens is 2. The molecule has 0 radical (unpaired) electrons. The van der Waals surface area contributed by atoms with Gasteiger partial charge < -0.3 is 4.74 Å². The zero-order chi connectivity index (χ0) is 15.2. The molecule has 0 unspecified atom stereocenters. The van der Waals surface area contributed by atoms with E-state index < -0.39 is 0 Å². The van der Waals surface area contributed by atoms with Gasteiger partial charge in [0.25, 0.3) is 0 Å². The predicted molar refractivity (Wildman–Crippen MR) is 87.2 cm³/mol. The summed E-state index contributed by atoms with van der Waals surface area (Å²) in [4.78, 5) is 0. The maximum atomic E-state index is 6.17. The quantitative estimate of drug-likeness (QED) is 0.652. The third-order valence-electron chi connectivity index (χ3n) is 3.54. The molecule has 5 heteroatoms. The van der Waals surface area contributed by atoms with Gasteiger partial charge in [0, 0.05) is 11.8 Å². The molecule has 1 aromatic heterocycles. The lowest BCUT2D eigenvalue weighted by atomic mass is 10.2. The lowest BCUT2D eigenvalue weighted by Gasteiger charge is -2.13. The van der Waals surface area contributed by atoms with Crippen LogP contribution in [0.25, 0.3) is 0 Å². The van der Waals surface area contributed by atoms with Crippen LogP contribution in [-0.4, -0.2) is 9.78 Å². The Bertz CT molecular complexity index is 579. The van der Waals surface area contributed by atoms with Crippen LogP contribution in [0.4, 0.5) is 0 Å². The lowest BCUT2D eigenvalue weighted by Crippen LogP contribution is -2.08. The van der Waals surface area contributed by atoms with E-state index >= 15 is 0 Å². The maximum Gasteiger partial charge on any atom is 0.142 e. The van der Waals surface area contributed by atoms with Gasteiger partial charge in [-0.25, -0.2) is 0 Å². The average molecular weight is 327 g/mol. The van der Waals surface area contributed by atoms with E-state index in [1.165, 1.54) is 0 Å². The van der Waals surface area contributed by atoms with Gasteiger partial charge in [-0.2, -0.15) is 5.10 Å². The van der Waals surface area contributed by atoms with Crippen molar-refractivity contribution < 1.29 is 4.74 Å². The van der Waals surface area contributed by atoms with Crippen molar-refractivity contribution in [1.29, 1.82) is 0 Å². The van der Waals surface area contributed by atoms with Crippen LogP contribution in [0, 0.1) is 0 Å². The summed E-state index contributed by atoms with van der Waals surface area (Å²) in [5, 5.41) is 5.14. The van der Waals surface area contributed by atoms with Gasteiger partial charge in [-0.05, 0) is 25.0 Å². The van der Waals surface area contributed by atoms with Crippen molar-refractivity contribution in [2.24, 2.45) is 0 Å². The molecule has 21 heavy (non-hydrogen) atoms. The van der Waals surface area contributed by atoms with Crippen molar-refractivity contribution in [2.45, 2.75) is 45.2 Å². The molecule has 0 aliphatic carbocycles. The standard InChI is InChI=1S/C16H20Cl2N2O/c1-3-14(4-2)20-9-8-13(19-20)11-21-16-12(10-17)6-5-7-15(16)18/h5-9,14H,3-4,10-11H2,1-2H3. The molecule has 0 N–H and O–H groups in total. The van der Waals surface area contributed by atoms with Gasteiger partial charge in [-0.15, -0.1) is 11.6 Å². The zero-order valence-electron chi connectivity index (χ0n) is 12.4. The molecule has 0 bridgehead atoms. The van der Waals surface area contributed by atoms with E-state index in [0.717, 1.165) is 24.1 Å². The molecule has 0 spiro atoms. The Morgan fingerprint density at radius 1 is 1.24 bits per heavy atom. The molecular formula is C16H20Cl2N2O. The van der Waals surface area contributed by atoms with Crippen LogP contribution in [0.15, 0.2) is 30.5 Å². The zero-order valence-corrected chi connectivity index (χ0v) is 13.9. The fourth-order valence-electron chi connectivity index (χ4n) is 2.29. The number of aromatic nitrogens is 2. The molecule has 0 atom stereocenters. The first-order valence-corrected chi connectivity index (χ1v) is 8.11. The Balaban J connectivity index is 2.07. The Morgan fingerprint density at radius 3 is 2.67 bits per heavy atom. The fourth-order valence-corrected chi connectivity index (χ4v) is 2.75. The van der Waals surface area contributed by atoms with Gasteiger partial charge >= 0.3 is 0 Å². The number of rotatable bonds is 7. The summed E-state index contributed by atoms with van der Waals surface area (Å²) in [5.74, 6) is 1.02. The first-order chi connectivity index (χ1) is 10.2. The molecule has 0 aliphatic heterocycles. The summed E-state index contributed by atoms with van der Waals surface area (Å²) in [7, 11) is 0. The molecule has 0 fully saturated rings. The number of hydrogen-bond donors (Lipinski definition) is 0. The SMILES string of the molecule is CCC(CC)n1ccc(COc2c(Cl)cccc2CCl)n1. The van der Waals surface area contributed by atoms with Crippen molar-refractivity contribution in [2.75, 3.05) is 0 Å². The van der Waals surface area contributed by atoms with Gasteiger partial charge in [-0.1, -0.05) is 37.6 Å².